The molecule has 1 aromatic rings. The summed E-state index contributed by atoms with van der Waals surface area (Å²) < 4.78 is 0. The van der Waals surface area contributed by atoms with Crippen molar-refractivity contribution >= 4 is 11.6 Å². The molecule has 0 aliphatic carbocycles. The molecule has 0 aromatic heterocycles. The number of aryl methyl sites for hydroxylation is 1. The summed E-state index contributed by atoms with van der Waals surface area (Å²) in [7, 11) is 0. The summed E-state index contributed by atoms with van der Waals surface area (Å²) in [4.78, 5) is 10.7. The first-order chi connectivity index (χ1) is 6.22. The third kappa shape index (κ3) is 3.13. The van der Waals surface area contributed by atoms with Gasteiger partial charge in [-0.2, -0.15) is 0 Å². The maximum Gasteiger partial charge on any atom is 0.243 e. The lowest BCUT2D eigenvalue weighted by molar-refractivity contribution is -0.129. The van der Waals surface area contributed by atoms with Crippen molar-refractivity contribution in [3.63, 3.8) is 0 Å². The molecular weight excluding hydrogens is 168 g/mol. The van der Waals surface area contributed by atoms with Gasteiger partial charge in [0.25, 0.3) is 0 Å². The third-order valence-electron chi connectivity index (χ3n) is 1.72. The standard InChI is InChI=1S/C9H12N2O2/c10-8-3-1-2-7(6-8)4-5-9(12)11-13/h1-3,6,13H,4-5,10H2,(H,11,12). The highest BCUT2D eigenvalue weighted by Crippen LogP contribution is 2.08. The topological polar surface area (TPSA) is 75.4 Å². The highest BCUT2D eigenvalue weighted by Gasteiger charge is 1.99. The van der Waals surface area contributed by atoms with E-state index in [0.717, 1.165) is 5.56 Å². The zero-order valence-electron chi connectivity index (χ0n) is 7.16. The predicted octanol–water partition coefficient (Wildman–Crippen LogP) is 0.707. The highest BCUT2D eigenvalue weighted by molar-refractivity contribution is 5.74. The second-order valence-corrected chi connectivity index (χ2v) is 2.78. The zero-order valence-corrected chi connectivity index (χ0v) is 7.16. The Morgan fingerprint density at radius 2 is 2.31 bits per heavy atom. The van der Waals surface area contributed by atoms with E-state index in [4.69, 9.17) is 10.9 Å². The van der Waals surface area contributed by atoms with Gasteiger partial charge in [0.1, 0.15) is 0 Å². The molecule has 0 saturated heterocycles. The SMILES string of the molecule is Nc1cccc(CCC(=O)NO)c1. The Balaban J connectivity index is 2.50. The van der Waals surface area contributed by atoms with Crippen LogP contribution >= 0.6 is 0 Å². The van der Waals surface area contributed by atoms with Gasteiger partial charge in [-0.15, -0.1) is 0 Å². The fraction of sp³-hybridized carbons (Fsp3) is 0.222. The van der Waals surface area contributed by atoms with Crippen LogP contribution in [0.3, 0.4) is 0 Å². The quantitative estimate of drug-likeness (QED) is 0.364. The Hall–Kier alpha value is -1.55. The molecule has 0 saturated carbocycles. The number of nitrogen functional groups attached to an aromatic ring is 1. The van der Waals surface area contributed by atoms with E-state index >= 15 is 0 Å². The van der Waals surface area contributed by atoms with E-state index in [0.29, 0.717) is 12.1 Å². The van der Waals surface area contributed by atoms with Gasteiger partial charge in [-0.1, -0.05) is 12.1 Å². The van der Waals surface area contributed by atoms with E-state index in [2.05, 4.69) is 0 Å². The van der Waals surface area contributed by atoms with Crippen molar-refractivity contribution in [3.8, 4) is 0 Å². The smallest absolute Gasteiger partial charge is 0.243 e. The van der Waals surface area contributed by atoms with Gasteiger partial charge in [0.2, 0.25) is 5.91 Å². The van der Waals surface area contributed by atoms with E-state index < -0.39 is 0 Å². The monoisotopic (exact) mass is 180 g/mol. The van der Waals surface area contributed by atoms with Gasteiger partial charge in [0.05, 0.1) is 0 Å². The minimum absolute atomic E-state index is 0.264. The van der Waals surface area contributed by atoms with Crippen LogP contribution in [0.25, 0.3) is 0 Å². The predicted molar refractivity (Wildman–Crippen MR) is 49.1 cm³/mol. The highest BCUT2D eigenvalue weighted by atomic mass is 16.5. The van der Waals surface area contributed by atoms with Crippen LogP contribution in [0.4, 0.5) is 5.69 Å². The molecule has 4 heteroatoms. The molecule has 0 unspecified atom stereocenters. The minimum atomic E-state index is -0.387. The van der Waals surface area contributed by atoms with Gasteiger partial charge in [-0.25, -0.2) is 5.48 Å². The maximum absolute atomic E-state index is 10.7. The molecule has 0 radical (unpaired) electrons. The number of amides is 1. The van der Waals surface area contributed by atoms with Crippen LogP contribution in [0.2, 0.25) is 0 Å². The third-order valence-corrected chi connectivity index (χ3v) is 1.72. The van der Waals surface area contributed by atoms with Gasteiger partial charge in [0, 0.05) is 12.1 Å². The summed E-state index contributed by atoms with van der Waals surface area (Å²) in [6, 6.07) is 7.32. The number of hydrogen-bond acceptors (Lipinski definition) is 3. The Morgan fingerprint density at radius 1 is 1.54 bits per heavy atom. The molecule has 1 amide bonds. The van der Waals surface area contributed by atoms with Crippen LogP contribution < -0.4 is 11.2 Å². The van der Waals surface area contributed by atoms with Crippen molar-refractivity contribution in [2.45, 2.75) is 12.8 Å². The molecule has 0 spiro atoms. The van der Waals surface area contributed by atoms with Crippen LogP contribution in [-0.4, -0.2) is 11.1 Å². The molecule has 13 heavy (non-hydrogen) atoms. The summed E-state index contributed by atoms with van der Waals surface area (Å²) in [6.45, 7) is 0. The summed E-state index contributed by atoms with van der Waals surface area (Å²) in [5.41, 5.74) is 8.80. The average molecular weight is 180 g/mol. The van der Waals surface area contributed by atoms with Crippen molar-refractivity contribution in [3.05, 3.63) is 29.8 Å². The van der Waals surface area contributed by atoms with Crippen molar-refractivity contribution in [2.75, 3.05) is 5.73 Å². The Morgan fingerprint density at radius 3 is 2.92 bits per heavy atom. The first-order valence-electron chi connectivity index (χ1n) is 3.99. The second-order valence-electron chi connectivity index (χ2n) is 2.78. The Labute approximate surface area is 76.3 Å². The molecule has 4 N–H and O–H groups in total. The van der Waals surface area contributed by atoms with Gasteiger partial charge < -0.3 is 5.73 Å². The van der Waals surface area contributed by atoms with E-state index in [1.54, 1.807) is 11.5 Å². The summed E-state index contributed by atoms with van der Waals surface area (Å²) in [6.07, 6.45) is 0.845. The summed E-state index contributed by atoms with van der Waals surface area (Å²) in [5.74, 6) is -0.387. The number of benzene rings is 1. The van der Waals surface area contributed by atoms with E-state index in [9.17, 15) is 4.79 Å². The molecule has 0 atom stereocenters. The normalized spacial score (nSPS) is 9.62. The number of anilines is 1. The fourth-order valence-corrected chi connectivity index (χ4v) is 1.06. The van der Waals surface area contributed by atoms with Crippen LogP contribution in [0.1, 0.15) is 12.0 Å². The number of hydrogen-bond donors (Lipinski definition) is 3. The molecule has 1 rings (SSSR count). The molecular formula is C9H12N2O2. The van der Waals surface area contributed by atoms with E-state index in [-0.39, 0.29) is 12.3 Å². The Kier molecular flexibility index (Phi) is 3.28. The van der Waals surface area contributed by atoms with Gasteiger partial charge >= 0.3 is 0 Å². The number of carbonyl (C=O) groups excluding carboxylic acids is 1. The lowest BCUT2D eigenvalue weighted by Crippen LogP contribution is -2.18. The molecule has 4 nitrogen and oxygen atoms in total. The number of rotatable bonds is 3. The van der Waals surface area contributed by atoms with Crippen LogP contribution in [-0.2, 0) is 11.2 Å². The molecule has 70 valence electrons. The van der Waals surface area contributed by atoms with E-state index in [1.165, 1.54) is 0 Å². The lowest BCUT2D eigenvalue weighted by Gasteiger charge is -2.00. The van der Waals surface area contributed by atoms with Crippen LogP contribution in [0.5, 0.6) is 0 Å². The Bertz CT molecular complexity index is 299. The molecule has 0 fully saturated rings. The lowest BCUT2D eigenvalue weighted by atomic mass is 10.1. The summed E-state index contributed by atoms with van der Waals surface area (Å²) >= 11 is 0. The molecule has 0 aliphatic heterocycles. The van der Waals surface area contributed by atoms with E-state index in [1.807, 2.05) is 18.2 Å². The average Bonchev–Trinajstić information content (AvgIpc) is 2.14. The van der Waals surface area contributed by atoms with Gasteiger partial charge in [-0.3, -0.25) is 10.0 Å². The van der Waals surface area contributed by atoms with Gasteiger partial charge in [0.15, 0.2) is 0 Å². The molecule has 0 heterocycles. The molecule has 0 bridgehead atoms. The van der Waals surface area contributed by atoms with Crippen molar-refractivity contribution in [2.24, 2.45) is 0 Å². The molecule has 1 aromatic carbocycles. The van der Waals surface area contributed by atoms with Crippen molar-refractivity contribution in [1.82, 2.24) is 5.48 Å². The van der Waals surface area contributed by atoms with Crippen molar-refractivity contribution < 1.29 is 10.0 Å². The minimum Gasteiger partial charge on any atom is -0.399 e. The largest absolute Gasteiger partial charge is 0.399 e. The first kappa shape index (κ1) is 9.54. The number of nitrogens with two attached hydrogens (primary N) is 1. The van der Waals surface area contributed by atoms with Crippen LogP contribution in [0, 0.1) is 0 Å². The number of nitrogens with one attached hydrogen (secondary N) is 1. The molecule has 0 aliphatic rings. The second kappa shape index (κ2) is 4.47. The number of carbonyl (C=O) groups is 1. The maximum atomic E-state index is 10.7. The number of hydroxylamine groups is 1. The first-order valence-corrected chi connectivity index (χ1v) is 3.99. The van der Waals surface area contributed by atoms with Crippen molar-refractivity contribution in [1.29, 1.82) is 0 Å². The van der Waals surface area contributed by atoms with Crippen LogP contribution in [0.15, 0.2) is 24.3 Å². The van der Waals surface area contributed by atoms with Gasteiger partial charge in [-0.05, 0) is 24.1 Å². The summed E-state index contributed by atoms with van der Waals surface area (Å²) in [5, 5.41) is 8.24. The zero-order chi connectivity index (χ0) is 9.68. The fourth-order valence-electron chi connectivity index (χ4n) is 1.06.